The van der Waals surface area contributed by atoms with E-state index in [9.17, 15) is 4.79 Å². The standard InChI is InChI=1S/C17H27N3O3/c1-22-16(14-18)13-17(21)20-9-7-19(8-10-20)11-12-23-15-5-3-2-4-6-15/h2-6,16H,7-14,18H2,1H3. The maximum absolute atomic E-state index is 12.2. The number of carbonyl (C=O) groups excluding carboxylic acids is 1. The van der Waals surface area contributed by atoms with Crippen LogP contribution in [0.4, 0.5) is 0 Å². The van der Waals surface area contributed by atoms with E-state index in [1.807, 2.05) is 35.2 Å². The quantitative estimate of drug-likeness (QED) is 0.758. The molecule has 23 heavy (non-hydrogen) atoms. The fourth-order valence-electron chi connectivity index (χ4n) is 2.62. The third-order valence-corrected chi connectivity index (χ3v) is 4.14. The van der Waals surface area contributed by atoms with Gasteiger partial charge in [-0.25, -0.2) is 0 Å². The maximum atomic E-state index is 12.2. The molecule has 0 aliphatic carbocycles. The minimum atomic E-state index is -0.181. The summed E-state index contributed by atoms with van der Waals surface area (Å²) < 4.78 is 10.9. The highest BCUT2D eigenvalue weighted by Crippen LogP contribution is 2.09. The number of methoxy groups -OCH3 is 1. The van der Waals surface area contributed by atoms with Crippen molar-refractivity contribution in [3.05, 3.63) is 30.3 Å². The van der Waals surface area contributed by atoms with Crippen molar-refractivity contribution in [2.75, 3.05) is 53.0 Å². The molecule has 2 rings (SSSR count). The molecule has 1 aromatic rings. The van der Waals surface area contributed by atoms with Gasteiger partial charge in [0.15, 0.2) is 0 Å². The van der Waals surface area contributed by atoms with Crippen LogP contribution in [0.25, 0.3) is 0 Å². The van der Waals surface area contributed by atoms with Crippen molar-refractivity contribution in [1.82, 2.24) is 9.80 Å². The molecule has 0 aromatic heterocycles. The van der Waals surface area contributed by atoms with Crippen LogP contribution in [0.3, 0.4) is 0 Å². The number of benzene rings is 1. The monoisotopic (exact) mass is 321 g/mol. The van der Waals surface area contributed by atoms with E-state index in [1.165, 1.54) is 0 Å². The van der Waals surface area contributed by atoms with E-state index < -0.39 is 0 Å². The number of nitrogens with two attached hydrogens (primary N) is 1. The second-order valence-corrected chi connectivity index (χ2v) is 5.68. The fourth-order valence-corrected chi connectivity index (χ4v) is 2.62. The van der Waals surface area contributed by atoms with Gasteiger partial charge < -0.3 is 20.1 Å². The van der Waals surface area contributed by atoms with E-state index in [1.54, 1.807) is 7.11 Å². The molecule has 128 valence electrons. The normalized spacial score (nSPS) is 17.0. The molecular weight excluding hydrogens is 294 g/mol. The highest BCUT2D eigenvalue weighted by Gasteiger charge is 2.22. The highest BCUT2D eigenvalue weighted by molar-refractivity contribution is 5.76. The second-order valence-electron chi connectivity index (χ2n) is 5.68. The Bertz CT molecular complexity index is 457. The molecule has 1 aromatic carbocycles. The zero-order valence-electron chi connectivity index (χ0n) is 13.8. The van der Waals surface area contributed by atoms with Crippen LogP contribution in [0.15, 0.2) is 30.3 Å². The summed E-state index contributed by atoms with van der Waals surface area (Å²) in [6, 6.07) is 9.82. The lowest BCUT2D eigenvalue weighted by Crippen LogP contribution is -2.50. The molecule has 0 saturated carbocycles. The lowest BCUT2D eigenvalue weighted by atomic mass is 10.2. The van der Waals surface area contributed by atoms with E-state index in [0.29, 0.717) is 19.6 Å². The predicted octanol–water partition coefficient (Wildman–Crippen LogP) is 0.573. The molecule has 1 aliphatic heterocycles. The van der Waals surface area contributed by atoms with Crippen LogP contribution >= 0.6 is 0 Å². The van der Waals surface area contributed by atoms with Gasteiger partial charge in [0.25, 0.3) is 0 Å². The van der Waals surface area contributed by atoms with Gasteiger partial charge in [-0.2, -0.15) is 0 Å². The van der Waals surface area contributed by atoms with Crippen molar-refractivity contribution >= 4 is 5.91 Å². The molecule has 1 amide bonds. The zero-order chi connectivity index (χ0) is 16.5. The summed E-state index contributed by atoms with van der Waals surface area (Å²) in [6.07, 6.45) is 0.184. The zero-order valence-corrected chi connectivity index (χ0v) is 13.8. The number of nitrogens with zero attached hydrogens (tertiary/aromatic N) is 2. The van der Waals surface area contributed by atoms with Gasteiger partial charge in [-0.3, -0.25) is 9.69 Å². The Labute approximate surface area is 138 Å². The molecule has 6 nitrogen and oxygen atoms in total. The summed E-state index contributed by atoms with van der Waals surface area (Å²) in [4.78, 5) is 16.4. The molecule has 1 heterocycles. The molecule has 1 atom stereocenters. The lowest BCUT2D eigenvalue weighted by molar-refractivity contribution is -0.135. The third kappa shape index (κ3) is 5.82. The number of amides is 1. The second kappa shape index (κ2) is 9.50. The molecule has 0 radical (unpaired) electrons. The Morgan fingerprint density at radius 2 is 1.91 bits per heavy atom. The Hall–Kier alpha value is -1.63. The summed E-state index contributed by atoms with van der Waals surface area (Å²) in [5.74, 6) is 1.02. The molecule has 1 unspecified atom stereocenters. The average molecular weight is 321 g/mol. The van der Waals surface area contributed by atoms with Crippen LogP contribution in [-0.2, 0) is 9.53 Å². The SMILES string of the molecule is COC(CN)CC(=O)N1CCN(CCOc2ccccc2)CC1. The first kappa shape index (κ1) is 17.7. The maximum Gasteiger partial charge on any atom is 0.225 e. The van der Waals surface area contributed by atoms with Crippen LogP contribution < -0.4 is 10.5 Å². The van der Waals surface area contributed by atoms with Crippen LogP contribution in [0.5, 0.6) is 5.75 Å². The van der Waals surface area contributed by atoms with Crippen molar-refractivity contribution in [3.8, 4) is 5.75 Å². The van der Waals surface area contributed by atoms with Crippen molar-refractivity contribution in [3.63, 3.8) is 0 Å². The molecule has 6 heteroatoms. The lowest BCUT2D eigenvalue weighted by Gasteiger charge is -2.35. The predicted molar refractivity (Wildman–Crippen MR) is 89.4 cm³/mol. The van der Waals surface area contributed by atoms with Crippen molar-refractivity contribution in [1.29, 1.82) is 0 Å². The molecule has 1 saturated heterocycles. The summed E-state index contributed by atoms with van der Waals surface area (Å²) >= 11 is 0. The highest BCUT2D eigenvalue weighted by atomic mass is 16.5. The number of rotatable bonds is 8. The van der Waals surface area contributed by atoms with Crippen LogP contribution in [0.2, 0.25) is 0 Å². The van der Waals surface area contributed by atoms with E-state index in [2.05, 4.69) is 4.90 Å². The van der Waals surface area contributed by atoms with Gasteiger partial charge in [0, 0.05) is 46.4 Å². The summed E-state index contributed by atoms with van der Waals surface area (Å²) in [6.45, 7) is 5.18. The van der Waals surface area contributed by atoms with Gasteiger partial charge in [-0.05, 0) is 12.1 Å². The molecule has 2 N–H and O–H groups in total. The molecule has 0 bridgehead atoms. The number of carbonyl (C=O) groups is 1. The number of hydrogen-bond donors (Lipinski definition) is 1. The fraction of sp³-hybridized carbons (Fsp3) is 0.588. The van der Waals surface area contributed by atoms with Crippen LogP contribution in [0.1, 0.15) is 6.42 Å². The summed E-state index contributed by atoms with van der Waals surface area (Å²) in [5.41, 5.74) is 5.57. The topological polar surface area (TPSA) is 68.0 Å². The first-order valence-corrected chi connectivity index (χ1v) is 8.13. The number of ether oxygens (including phenoxy) is 2. The van der Waals surface area contributed by atoms with Crippen molar-refractivity contribution < 1.29 is 14.3 Å². The Kier molecular flexibility index (Phi) is 7.32. The van der Waals surface area contributed by atoms with Crippen molar-refractivity contribution in [2.24, 2.45) is 5.73 Å². The van der Waals surface area contributed by atoms with E-state index in [-0.39, 0.29) is 12.0 Å². The first-order valence-electron chi connectivity index (χ1n) is 8.13. The number of para-hydroxylation sites is 1. The Morgan fingerprint density at radius 3 is 2.52 bits per heavy atom. The third-order valence-electron chi connectivity index (χ3n) is 4.14. The van der Waals surface area contributed by atoms with Crippen LogP contribution in [-0.4, -0.2) is 74.8 Å². The molecule has 1 fully saturated rings. The van der Waals surface area contributed by atoms with E-state index in [4.69, 9.17) is 15.2 Å². The van der Waals surface area contributed by atoms with E-state index >= 15 is 0 Å². The smallest absolute Gasteiger partial charge is 0.225 e. The number of piperazine rings is 1. The van der Waals surface area contributed by atoms with Gasteiger partial charge in [0.1, 0.15) is 12.4 Å². The Balaban J connectivity index is 1.64. The average Bonchev–Trinajstić information content (AvgIpc) is 2.61. The number of hydrogen-bond acceptors (Lipinski definition) is 5. The molecule has 0 spiro atoms. The van der Waals surface area contributed by atoms with E-state index in [0.717, 1.165) is 38.5 Å². The van der Waals surface area contributed by atoms with Crippen LogP contribution in [0, 0.1) is 0 Å². The van der Waals surface area contributed by atoms with Gasteiger partial charge in [0.05, 0.1) is 12.5 Å². The molecular formula is C17H27N3O3. The van der Waals surface area contributed by atoms with Crippen molar-refractivity contribution in [2.45, 2.75) is 12.5 Å². The van der Waals surface area contributed by atoms with Gasteiger partial charge >= 0.3 is 0 Å². The largest absolute Gasteiger partial charge is 0.492 e. The molecule has 1 aliphatic rings. The van der Waals surface area contributed by atoms with Gasteiger partial charge in [-0.1, -0.05) is 18.2 Å². The minimum absolute atomic E-state index is 0.127. The Morgan fingerprint density at radius 1 is 1.22 bits per heavy atom. The summed E-state index contributed by atoms with van der Waals surface area (Å²) in [5, 5.41) is 0. The first-order chi connectivity index (χ1) is 11.2. The van der Waals surface area contributed by atoms with Gasteiger partial charge in [0.2, 0.25) is 5.91 Å². The summed E-state index contributed by atoms with van der Waals surface area (Å²) in [7, 11) is 1.59. The van der Waals surface area contributed by atoms with Gasteiger partial charge in [-0.15, -0.1) is 0 Å². The minimum Gasteiger partial charge on any atom is -0.492 e.